The molecule has 160 valence electrons. The van der Waals surface area contributed by atoms with Gasteiger partial charge in [0.2, 0.25) is 0 Å². The SMILES string of the molecule is CCCCCCc1c(C)c2ccc(O)c(CN[C@@H](C(=O)O)[C@H](C)CC)c2oc1=O. The predicted octanol–water partition coefficient (Wildman–Crippen LogP) is 4.52. The van der Waals surface area contributed by atoms with Gasteiger partial charge in [0, 0.05) is 17.5 Å². The summed E-state index contributed by atoms with van der Waals surface area (Å²) in [5.41, 5.74) is 1.90. The fraction of sp³-hybridized carbons (Fsp3) is 0.565. The van der Waals surface area contributed by atoms with Gasteiger partial charge in [-0.3, -0.25) is 10.1 Å². The van der Waals surface area contributed by atoms with E-state index >= 15 is 0 Å². The highest BCUT2D eigenvalue weighted by molar-refractivity contribution is 5.85. The van der Waals surface area contributed by atoms with Gasteiger partial charge in [0.1, 0.15) is 17.4 Å². The van der Waals surface area contributed by atoms with Gasteiger partial charge < -0.3 is 14.6 Å². The number of nitrogens with one attached hydrogen (secondary N) is 1. The summed E-state index contributed by atoms with van der Waals surface area (Å²) in [7, 11) is 0. The van der Waals surface area contributed by atoms with Crippen molar-refractivity contribution in [2.75, 3.05) is 0 Å². The molecule has 6 heteroatoms. The number of benzene rings is 1. The molecule has 0 saturated heterocycles. The average Bonchev–Trinajstić information content (AvgIpc) is 2.68. The zero-order valence-electron chi connectivity index (χ0n) is 17.9. The lowest BCUT2D eigenvalue weighted by molar-refractivity contribution is -0.140. The van der Waals surface area contributed by atoms with Crippen molar-refractivity contribution < 1.29 is 19.4 Å². The summed E-state index contributed by atoms with van der Waals surface area (Å²) in [5, 5.41) is 23.6. The molecule has 0 saturated carbocycles. The number of aryl methyl sites for hydroxylation is 1. The van der Waals surface area contributed by atoms with Crippen molar-refractivity contribution in [3.8, 4) is 5.75 Å². The molecule has 0 bridgehead atoms. The van der Waals surface area contributed by atoms with Gasteiger partial charge in [-0.25, -0.2) is 4.79 Å². The van der Waals surface area contributed by atoms with Crippen molar-refractivity contribution >= 4 is 16.9 Å². The molecule has 0 aliphatic heterocycles. The van der Waals surface area contributed by atoms with E-state index in [9.17, 15) is 19.8 Å². The Kier molecular flexibility index (Phi) is 8.26. The van der Waals surface area contributed by atoms with Gasteiger partial charge in [-0.2, -0.15) is 0 Å². The maximum absolute atomic E-state index is 12.6. The van der Waals surface area contributed by atoms with Gasteiger partial charge in [-0.05, 0) is 43.4 Å². The molecule has 1 aromatic heterocycles. The topological polar surface area (TPSA) is 99.8 Å². The van der Waals surface area contributed by atoms with Gasteiger partial charge in [0.15, 0.2) is 0 Å². The van der Waals surface area contributed by atoms with Gasteiger partial charge in [-0.1, -0.05) is 46.5 Å². The summed E-state index contributed by atoms with van der Waals surface area (Å²) < 4.78 is 5.62. The van der Waals surface area contributed by atoms with Crippen LogP contribution in [0.25, 0.3) is 11.0 Å². The van der Waals surface area contributed by atoms with Gasteiger partial charge in [-0.15, -0.1) is 0 Å². The van der Waals surface area contributed by atoms with Crippen molar-refractivity contribution in [2.45, 2.75) is 78.8 Å². The van der Waals surface area contributed by atoms with Gasteiger partial charge >= 0.3 is 11.6 Å². The maximum atomic E-state index is 12.6. The summed E-state index contributed by atoms with van der Waals surface area (Å²) in [6.07, 6.45) is 5.67. The largest absolute Gasteiger partial charge is 0.507 e. The molecule has 29 heavy (non-hydrogen) atoms. The van der Waals surface area contributed by atoms with Crippen LogP contribution in [-0.4, -0.2) is 22.2 Å². The molecular formula is C23H33NO5. The highest BCUT2D eigenvalue weighted by Gasteiger charge is 2.24. The number of aliphatic carboxylic acids is 1. The second-order valence-electron chi connectivity index (χ2n) is 7.83. The van der Waals surface area contributed by atoms with E-state index in [-0.39, 0.29) is 23.8 Å². The third kappa shape index (κ3) is 5.38. The first-order valence-corrected chi connectivity index (χ1v) is 10.5. The van der Waals surface area contributed by atoms with Crippen LogP contribution in [0.1, 0.15) is 69.6 Å². The monoisotopic (exact) mass is 403 g/mol. The van der Waals surface area contributed by atoms with Crippen LogP contribution in [-0.2, 0) is 17.8 Å². The molecule has 0 amide bonds. The molecular weight excluding hydrogens is 370 g/mol. The molecule has 0 fully saturated rings. The first-order valence-electron chi connectivity index (χ1n) is 10.5. The number of aromatic hydroxyl groups is 1. The number of rotatable bonds is 11. The lowest BCUT2D eigenvalue weighted by atomic mass is 9.97. The van der Waals surface area contributed by atoms with Crippen molar-refractivity contribution in [3.05, 3.63) is 39.2 Å². The van der Waals surface area contributed by atoms with E-state index < -0.39 is 12.0 Å². The predicted molar refractivity (Wildman–Crippen MR) is 114 cm³/mol. The van der Waals surface area contributed by atoms with Crippen LogP contribution in [0.3, 0.4) is 0 Å². The van der Waals surface area contributed by atoms with Crippen LogP contribution in [0.4, 0.5) is 0 Å². The average molecular weight is 404 g/mol. The van der Waals surface area contributed by atoms with E-state index in [4.69, 9.17) is 4.42 Å². The smallest absolute Gasteiger partial charge is 0.339 e. The molecule has 2 atom stereocenters. The molecule has 0 spiro atoms. The highest BCUT2D eigenvalue weighted by Crippen LogP contribution is 2.30. The fourth-order valence-corrected chi connectivity index (χ4v) is 3.67. The molecule has 6 nitrogen and oxygen atoms in total. The molecule has 0 aliphatic carbocycles. The lowest BCUT2D eigenvalue weighted by Gasteiger charge is -2.21. The number of carboxylic acids is 1. The van der Waals surface area contributed by atoms with Crippen molar-refractivity contribution in [1.29, 1.82) is 0 Å². The normalized spacial score (nSPS) is 13.5. The standard InChI is InChI=1S/C23H33NO5/c1-5-7-8-9-10-17-15(4)16-11-12-19(25)18(21(16)29-23(17)28)13-24-20(22(26)27)14(3)6-2/h11-12,14,20,24-25H,5-10,13H2,1-4H3,(H,26,27)/t14-,20-/m1/s1. The van der Waals surface area contributed by atoms with E-state index in [0.717, 1.165) is 36.6 Å². The second kappa shape index (κ2) is 10.4. The number of unbranched alkanes of at least 4 members (excludes halogenated alkanes) is 3. The minimum absolute atomic E-state index is 0.0171. The fourth-order valence-electron chi connectivity index (χ4n) is 3.67. The quantitative estimate of drug-likeness (QED) is 0.377. The van der Waals surface area contributed by atoms with Crippen molar-refractivity contribution in [1.82, 2.24) is 5.32 Å². The van der Waals surface area contributed by atoms with Crippen molar-refractivity contribution in [2.24, 2.45) is 5.92 Å². The van der Waals surface area contributed by atoms with Crippen LogP contribution in [0.15, 0.2) is 21.3 Å². The number of hydrogen-bond donors (Lipinski definition) is 3. The zero-order valence-corrected chi connectivity index (χ0v) is 17.9. The summed E-state index contributed by atoms with van der Waals surface area (Å²) in [6, 6.07) is 2.58. The Balaban J connectivity index is 2.37. The Morgan fingerprint density at radius 1 is 1.17 bits per heavy atom. The molecule has 0 aliphatic rings. The zero-order chi connectivity index (χ0) is 21.6. The van der Waals surface area contributed by atoms with E-state index in [1.54, 1.807) is 12.1 Å². The number of carbonyl (C=O) groups is 1. The summed E-state index contributed by atoms with van der Waals surface area (Å²) in [6.45, 7) is 7.95. The maximum Gasteiger partial charge on any atom is 0.339 e. The Bertz CT molecular complexity index is 902. The highest BCUT2D eigenvalue weighted by atomic mass is 16.4. The summed E-state index contributed by atoms with van der Waals surface area (Å²) in [4.78, 5) is 24.2. The van der Waals surface area contributed by atoms with E-state index in [1.807, 2.05) is 20.8 Å². The number of fused-ring (bicyclic) bond motifs is 1. The van der Waals surface area contributed by atoms with Gasteiger partial charge in [0.25, 0.3) is 0 Å². The third-order valence-corrected chi connectivity index (χ3v) is 5.79. The van der Waals surface area contributed by atoms with Crippen LogP contribution in [0.5, 0.6) is 5.75 Å². The third-order valence-electron chi connectivity index (χ3n) is 5.79. The van der Waals surface area contributed by atoms with E-state index in [0.29, 0.717) is 29.6 Å². The van der Waals surface area contributed by atoms with Crippen LogP contribution >= 0.6 is 0 Å². The Morgan fingerprint density at radius 2 is 1.90 bits per heavy atom. The second-order valence-corrected chi connectivity index (χ2v) is 7.83. The first-order chi connectivity index (χ1) is 13.8. The Hall–Kier alpha value is -2.34. The molecule has 2 rings (SSSR count). The number of phenolic OH excluding ortho intramolecular Hbond substituents is 1. The molecule has 0 radical (unpaired) electrons. The lowest BCUT2D eigenvalue weighted by Crippen LogP contribution is -2.41. The van der Waals surface area contributed by atoms with Crippen molar-refractivity contribution in [3.63, 3.8) is 0 Å². The Labute approximate surface area is 171 Å². The summed E-state index contributed by atoms with van der Waals surface area (Å²) in [5.74, 6) is -1.03. The Morgan fingerprint density at radius 3 is 2.52 bits per heavy atom. The molecule has 2 aromatic rings. The van der Waals surface area contributed by atoms with E-state index in [1.165, 1.54) is 0 Å². The van der Waals surface area contributed by atoms with Crippen LogP contribution < -0.4 is 10.9 Å². The summed E-state index contributed by atoms with van der Waals surface area (Å²) >= 11 is 0. The first kappa shape index (κ1) is 22.9. The van der Waals surface area contributed by atoms with Crippen LogP contribution in [0.2, 0.25) is 0 Å². The molecule has 0 unspecified atom stereocenters. The molecule has 3 N–H and O–H groups in total. The van der Waals surface area contributed by atoms with E-state index in [2.05, 4.69) is 12.2 Å². The van der Waals surface area contributed by atoms with Gasteiger partial charge in [0.05, 0.1) is 5.56 Å². The minimum Gasteiger partial charge on any atom is -0.507 e. The number of phenols is 1. The molecule has 1 aromatic carbocycles. The molecule has 1 heterocycles. The van der Waals surface area contributed by atoms with Crippen LogP contribution in [0, 0.1) is 12.8 Å². The minimum atomic E-state index is -0.939. The number of carboxylic acid groups (broad SMARTS) is 1. The number of hydrogen-bond acceptors (Lipinski definition) is 5.